The molecule has 1 aliphatic rings. The Morgan fingerprint density at radius 1 is 1.17 bits per heavy atom. The van der Waals surface area contributed by atoms with Gasteiger partial charge in [0.15, 0.2) is 0 Å². The number of halogens is 3. The second-order valence-electron chi connectivity index (χ2n) is 5.38. The minimum absolute atomic E-state index is 0.189. The number of fused-ring (bicyclic) bond motifs is 1. The summed E-state index contributed by atoms with van der Waals surface area (Å²) in [5, 5.41) is 12.0. The fourth-order valence-corrected chi connectivity index (χ4v) is 2.69. The van der Waals surface area contributed by atoms with E-state index in [9.17, 15) is 18.0 Å². The van der Waals surface area contributed by atoms with Crippen LogP contribution in [0.1, 0.15) is 27.7 Å². The number of carbonyl (C=O) groups excluding carboxylic acids is 1. The Bertz CT molecular complexity index is 826. The number of nitriles is 1. The summed E-state index contributed by atoms with van der Waals surface area (Å²) < 4.78 is 38.8. The summed E-state index contributed by atoms with van der Waals surface area (Å²) in [7, 11) is 0. The van der Waals surface area contributed by atoms with Gasteiger partial charge in [-0.15, -0.1) is 0 Å². The summed E-state index contributed by atoms with van der Waals surface area (Å²) in [5.41, 5.74) is 1.39. The summed E-state index contributed by atoms with van der Waals surface area (Å²) >= 11 is 0. The maximum Gasteiger partial charge on any atom is 0.406 e. The molecule has 3 rings (SSSR count). The highest BCUT2D eigenvalue weighted by Crippen LogP contribution is 2.35. The Labute approximate surface area is 136 Å². The van der Waals surface area contributed by atoms with Crippen molar-refractivity contribution in [3.05, 3.63) is 65.2 Å². The van der Waals surface area contributed by atoms with E-state index in [1.54, 1.807) is 36.4 Å². The lowest BCUT2D eigenvalue weighted by atomic mass is 10.0. The molecule has 24 heavy (non-hydrogen) atoms. The number of anilines is 1. The Hall–Kier alpha value is -3.01. The van der Waals surface area contributed by atoms with E-state index in [1.165, 1.54) is 12.1 Å². The Morgan fingerprint density at radius 2 is 1.92 bits per heavy atom. The molecular formula is C17H12F3N3O. The summed E-state index contributed by atoms with van der Waals surface area (Å²) in [6, 6.07) is 14.5. The van der Waals surface area contributed by atoms with E-state index in [2.05, 4.69) is 5.32 Å². The van der Waals surface area contributed by atoms with Crippen LogP contribution in [-0.4, -0.2) is 23.5 Å². The lowest BCUT2D eigenvalue weighted by Crippen LogP contribution is -2.47. The van der Waals surface area contributed by atoms with Crippen molar-refractivity contribution in [3.63, 3.8) is 0 Å². The third-order valence-electron chi connectivity index (χ3n) is 3.70. The van der Waals surface area contributed by atoms with Crippen molar-refractivity contribution < 1.29 is 18.0 Å². The van der Waals surface area contributed by atoms with Crippen LogP contribution < -0.4 is 5.32 Å². The highest BCUT2D eigenvalue weighted by molar-refractivity contribution is 6.01. The molecule has 0 radical (unpaired) electrons. The largest absolute Gasteiger partial charge is 0.406 e. The van der Waals surface area contributed by atoms with Gasteiger partial charge in [0.2, 0.25) is 0 Å². The predicted octanol–water partition coefficient (Wildman–Crippen LogP) is 3.69. The van der Waals surface area contributed by atoms with Crippen molar-refractivity contribution in [3.8, 4) is 6.07 Å². The van der Waals surface area contributed by atoms with E-state index in [-0.39, 0.29) is 5.56 Å². The Kier molecular flexibility index (Phi) is 3.89. The van der Waals surface area contributed by atoms with Gasteiger partial charge in [0.05, 0.1) is 17.2 Å². The minimum atomic E-state index is -4.53. The first-order chi connectivity index (χ1) is 11.4. The van der Waals surface area contributed by atoms with Crippen LogP contribution in [-0.2, 0) is 0 Å². The van der Waals surface area contributed by atoms with Crippen LogP contribution in [0.5, 0.6) is 0 Å². The van der Waals surface area contributed by atoms with E-state index in [0.29, 0.717) is 16.8 Å². The molecule has 7 heteroatoms. The van der Waals surface area contributed by atoms with Gasteiger partial charge in [-0.05, 0) is 29.8 Å². The lowest BCUT2D eigenvalue weighted by Gasteiger charge is -2.38. The van der Waals surface area contributed by atoms with Crippen molar-refractivity contribution in [1.29, 1.82) is 5.26 Å². The van der Waals surface area contributed by atoms with Crippen LogP contribution in [0.2, 0.25) is 0 Å². The summed E-state index contributed by atoms with van der Waals surface area (Å²) in [5.74, 6) is -0.700. The van der Waals surface area contributed by atoms with Crippen molar-refractivity contribution in [2.24, 2.45) is 0 Å². The van der Waals surface area contributed by atoms with Crippen molar-refractivity contribution >= 4 is 11.6 Å². The predicted molar refractivity (Wildman–Crippen MR) is 81.1 cm³/mol. The summed E-state index contributed by atoms with van der Waals surface area (Å²) in [6.45, 7) is -1.38. The number of rotatable bonds is 2. The first-order valence-electron chi connectivity index (χ1n) is 7.12. The van der Waals surface area contributed by atoms with Crippen LogP contribution >= 0.6 is 0 Å². The first kappa shape index (κ1) is 15.9. The molecule has 1 heterocycles. The molecule has 1 N–H and O–H groups in total. The second kappa shape index (κ2) is 5.89. The standard InChI is InChI=1S/C17H12F3N3O/c18-17(19,20)10-23-15(12-5-3-4-11(8-12)9-21)22-14-7-2-1-6-13(14)16(23)24/h1-8,15,22H,10H2. The molecule has 0 aromatic heterocycles. The van der Waals surface area contributed by atoms with Crippen molar-refractivity contribution in [2.75, 3.05) is 11.9 Å². The number of nitrogens with one attached hydrogen (secondary N) is 1. The monoisotopic (exact) mass is 331 g/mol. The number of hydrogen-bond donors (Lipinski definition) is 1. The van der Waals surface area contributed by atoms with E-state index < -0.39 is 24.8 Å². The van der Waals surface area contributed by atoms with Gasteiger partial charge in [-0.3, -0.25) is 4.79 Å². The van der Waals surface area contributed by atoms with Gasteiger partial charge in [0.25, 0.3) is 5.91 Å². The number of hydrogen-bond acceptors (Lipinski definition) is 3. The fourth-order valence-electron chi connectivity index (χ4n) is 2.69. The van der Waals surface area contributed by atoms with Crippen molar-refractivity contribution in [2.45, 2.75) is 12.3 Å². The van der Waals surface area contributed by atoms with E-state index >= 15 is 0 Å². The molecule has 2 aromatic rings. The molecule has 1 unspecified atom stereocenters. The van der Waals surface area contributed by atoms with E-state index in [4.69, 9.17) is 5.26 Å². The van der Waals surface area contributed by atoms with E-state index in [1.807, 2.05) is 6.07 Å². The SMILES string of the molecule is N#Cc1cccc(C2Nc3ccccc3C(=O)N2CC(F)(F)F)c1. The number of benzene rings is 2. The molecule has 0 aliphatic carbocycles. The molecular weight excluding hydrogens is 319 g/mol. The third kappa shape index (κ3) is 3.04. The number of carbonyl (C=O) groups is 1. The maximum atomic E-state index is 12.9. The van der Waals surface area contributed by atoms with Crippen LogP contribution in [0.25, 0.3) is 0 Å². The molecule has 0 spiro atoms. The van der Waals surface area contributed by atoms with E-state index in [0.717, 1.165) is 4.90 Å². The maximum absolute atomic E-state index is 12.9. The molecule has 0 bridgehead atoms. The van der Waals surface area contributed by atoms with Gasteiger partial charge in [-0.2, -0.15) is 18.4 Å². The highest BCUT2D eigenvalue weighted by Gasteiger charge is 2.40. The molecule has 1 amide bonds. The highest BCUT2D eigenvalue weighted by atomic mass is 19.4. The number of nitrogens with zero attached hydrogens (tertiary/aromatic N) is 2. The zero-order valence-electron chi connectivity index (χ0n) is 12.3. The van der Waals surface area contributed by atoms with Gasteiger partial charge in [-0.1, -0.05) is 24.3 Å². The molecule has 1 atom stereocenters. The molecule has 1 aliphatic heterocycles. The molecule has 2 aromatic carbocycles. The van der Waals surface area contributed by atoms with Gasteiger partial charge >= 0.3 is 6.18 Å². The normalized spacial score (nSPS) is 17.0. The zero-order valence-corrected chi connectivity index (χ0v) is 12.3. The Balaban J connectivity index is 2.07. The van der Waals surface area contributed by atoms with Gasteiger partial charge < -0.3 is 10.2 Å². The van der Waals surface area contributed by atoms with Gasteiger partial charge in [-0.25, -0.2) is 0 Å². The minimum Gasteiger partial charge on any atom is -0.361 e. The van der Waals surface area contributed by atoms with Crippen LogP contribution in [0.4, 0.5) is 18.9 Å². The van der Waals surface area contributed by atoms with Crippen LogP contribution in [0, 0.1) is 11.3 Å². The van der Waals surface area contributed by atoms with Gasteiger partial charge in [0.1, 0.15) is 12.7 Å². The molecule has 4 nitrogen and oxygen atoms in total. The average Bonchev–Trinajstić information content (AvgIpc) is 2.56. The van der Waals surface area contributed by atoms with Gasteiger partial charge in [0, 0.05) is 5.69 Å². The topological polar surface area (TPSA) is 56.1 Å². The summed E-state index contributed by atoms with van der Waals surface area (Å²) in [4.78, 5) is 13.3. The fraction of sp³-hybridized carbons (Fsp3) is 0.176. The van der Waals surface area contributed by atoms with Crippen LogP contribution in [0.3, 0.4) is 0 Å². The number of alkyl halides is 3. The molecule has 0 saturated heterocycles. The number of para-hydroxylation sites is 1. The smallest absolute Gasteiger partial charge is 0.361 e. The second-order valence-corrected chi connectivity index (χ2v) is 5.38. The molecule has 0 fully saturated rings. The lowest BCUT2D eigenvalue weighted by molar-refractivity contribution is -0.144. The molecule has 122 valence electrons. The Morgan fingerprint density at radius 3 is 2.62 bits per heavy atom. The summed E-state index contributed by atoms with van der Waals surface area (Å²) in [6.07, 6.45) is -5.53. The first-order valence-corrected chi connectivity index (χ1v) is 7.12. The number of amides is 1. The van der Waals surface area contributed by atoms with Crippen molar-refractivity contribution in [1.82, 2.24) is 4.90 Å². The quantitative estimate of drug-likeness (QED) is 0.913. The zero-order chi connectivity index (χ0) is 17.3. The average molecular weight is 331 g/mol. The molecule has 0 saturated carbocycles. The van der Waals surface area contributed by atoms with Crippen LogP contribution in [0.15, 0.2) is 48.5 Å². The third-order valence-corrected chi connectivity index (χ3v) is 3.70.